The number of hydrogen-bond acceptors (Lipinski definition) is 4. The van der Waals surface area contributed by atoms with Crippen molar-refractivity contribution in [3.05, 3.63) is 17.5 Å². The van der Waals surface area contributed by atoms with Crippen molar-refractivity contribution in [3.8, 4) is 0 Å². The molecule has 1 rings (SSSR count). The summed E-state index contributed by atoms with van der Waals surface area (Å²) in [5.74, 6) is 2.07. The number of ether oxygens (including phenoxy) is 1. The number of nitrogens with zero attached hydrogens (tertiary/aromatic N) is 2. The fourth-order valence-corrected chi connectivity index (χ4v) is 2.22. The predicted octanol–water partition coefficient (Wildman–Crippen LogP) is 2.67. The van der Waals surface area contributed by atoms with Crippen LogP contribution in [0.3, 0.4) is 0 Å². The summed E-state index contributed by atoms with van der Waals surface area (Å²) in [6.07, 6.45) is 3.10. The third kappa shape index (κ3) is 6.47. The molecule has 0 aliphatic heterocycles. The molecule has 0 bridgehead atoms. The Kier molecular flexibility index (Phi) is 9.30. The third-order valence-corrected chi connectivity index (χ3v) is 3.54. The summed E-state index contributed by atoms with van der Waals surface area (Å²) < 4.78 is 10.4. The van der Waals surface area contributed by atoms with E-state index >= 15 is 0 Å². The van der Waals surface area contributed by atoms with Crippen LogP contribution in [-0.2, 0) is 11.3 Å². The number of guanidine groups is 1. The van der Waals surface area contributed by atoms with Gasteiger partial charge in [-0.25, -0.2) is 4.99 Å². The number of hydrogen-bond donors (Lipinski definition) is 2. The number of nitrogens with one attached hydrogen (secondary N) is 2. The summed E-state index contributed by atoms with van der Waals surface area (Å²) >= 11 is 0. The molecule has 0 unspecified atom stereocenters. The van der Waals surface area contributed by atoms with Gasteiger partial charge in [-0.3, -0.25) is 0 Å². The number of aliphatic imine (C=N–C) groups is 1. The molecule has 0 amide bonds. The van der Waals surface area contributed by atoms with Crippen LogP contribution in [0.5, 0.6) is 0 Å². The van der Waals surface area contributed by atoms with Gasteiger partial charge in [0, 0.05) is 38.8 Å². The van der Waals surface area contributed by atoms with E-state index in [0.29, 0.717) is 12.5 Å². The molecule has 0 spiro atoms. The molecule has 0 fully saturated rings. The molecule has 1 heterocycles. The van der Waals surface area contributed by atoms with Gasteiger partial charge in [0.1, 0.15) is 6.54 Å². The van der Waals surface area contributed by atoms with E-state index in [0.717, 1.165) is 56.4 Å². The van der Waals surface area contributed by atoms with Gasteiger partial charge in [-0.2, -0.15) is 0 Å². The highest BCUT2D eigenvalue weighted by Gasteiger charge is 2.12. The second kappa shape index (κ2) is 11.1. The minimum absolute atomic E-state index is 0.474. The smallest absolute Gasteiger partial charge is 0.191 e. The molecule has 6 nitrogen and oxygen atoms in total. The molecular weight excluding hydrogens is 280 g/mol. The Bertz CT molecular complexity index is 428. The second-order valence-electron chi connectivity index (χ2n) is 5.20. The van der Waals surface area contributed by atoms with Gasteiger partial charge in [0.15, 0.2) is 11.7 Å². The summed E-state index contributed by atoms with van der Waals surface area (Å²) in [7, 11) is 1.71. The minimum atomic E-state index is 0.474. The average Bonchev–Trinajstić information content (AvgIpc) is 2.99. The maximum absolute atomic E-state index is 5.39. The van der Waals surface area contributed by atoms with Crippen molar-refractivity contribution < 1.29 is 9.26 Å². The molecule has 0 atom stereocenters. The van der Waals surface area contributed by atoms with Gasteiger partial charge in [0.2, 0.25) is 0 Å². The molecular formula is C16H30N4O2. The molecule has 22 heavy (non-hydrogen) atoms. The van der Waals surface area contributed by atoms with Gasteiger partial charge in [0.05, 0.1) is 5.69 Å². The standard InChI is InChI=1S/C16H30N4O2/c1-5-13(6-2)15-11-14(22-20-15)12-19-16(17-7-3)18-9-8-10-21-4/h11,13H,5-10,12H2,1-4H3,(H2,17,18,19). The maximum Gasteiger partial charge on any atom is 0.191 e. The van der Waals surface area contributed by atoms with Gasteiger partial charge in [-0.15, -0.1) is 0 Å². The summed E-state index contributed by atoms with van der Waals surface area (Å²) in [4.78, 5) is 4.53. The van der Waals surface area contributed by atoms with Crippen LogP contribution in [-0.4, -0.2) is 37.9 Å². The summed E-state index contributed by atoms with van der Waals surface area (Å²) in [6.45, 7) is 9.29. The quantitative estimate of drug-likeness (QED) is 0.395. The van der Waals surface area contributed by atoms with E-state index in [-0.39, 0.29) is 0 Å². The molecule has 1 aromatic heterocycles. The van der Waals surface area contributed by atoms with E-state index in [9.17, 15) is 0 Å². The molecule has 0 aliphatic carbocycles. The van der Waals surface area contributed by atoms with Crippen molar-refractivity contribution in [3.63, 3.8) is 0 Å². The van der Waals surface area contributed by atoms with Gasteiger partial charge in [0.25, 0.3) is 0 Å². The highest BCUT2D eigenvalue weighted by Crippen LogP contribution is 2.22. The molecule has 126 valence electrons. The molecule has 6 heteroatoms. The normalized spacial score (nSPS) is 12.0. The zero-order valence-electron chi connectivity index (χ0n) is 14.3. The van der Waals surface area contributed by atoms with Crippen LogP contribution in [0, 0.1) is 0 Å². The van der Waals surface area contributed by atoms with Crippen molar-refractivity contribution in [2.75, 3.05) is 26.8 Å². The molecule has 0 saturated carbocycles. The topological polar surface area (TPSA) is 71.7 Å². The summed E-state index contributed by atoms with van der Waals surface area (Å²) in [6, 6.07) is 2.02. The molecule has 0 saturated heterocycles. The molecule has 1 aromatic rings. The Morgan fingerprint density at radius 1 is 1.32 bits per heavy atom. The lowest BCUT2D eigenvalue weighted by atomic mass is 9.99. The largest absolute Gasteiger partial charge is 0.385 e. The number of methoxy groups -OCH3 is 1. The first kappa shape index (κ1) is 18.5. The van der Waals surface area contributed by atoms with Crippen molar-refractivity contribution in [1.29, 1.82) is 0 Å². The zero-order chi connectivity index (χ0) is 16.2. The third-order valence-electron chi connectivity index (χ3n) is 3.54. The Morgan fingerprint density at radius 3 is 2.73 bits per heavy atom. The van der Waals surface area contributed by atoms with Gasteiger partial charge in [-0.05, 0) is 26.2 Å². The first-order chi connectivity index (χ1) is 10.7. The lowest BCUT2D eigenvalue weighted by Gasteiger charge is -2.10. The van der Waals surface area contributed by atoms with Crippen molar-refractivity contribution in [2.45, 2.75) is 52.5 Å². The predicted molar refractivity (Wildman–Crippen MR) is 89.1 cm³/mol. The van der Waals surface area contributed by atoms with Gasteiger partial charge in [-0.1, -0.05) is 19.0 Å². The van der Waals surface area contributed by atoms with Crippen LogP contribution in [0.2, 0.25) is 0 Å². The van der Waals surface area contributed by atoms with E-state index < -0.39 is 0 Å². The maximum atomic E-state index is 5.39. The van der Waals surface area contributed by atoms with E-state index in [1.807, 2.05) is 13.0 Å². The molecule has 0 aliphatic rings. The Labute approximate surface area is 133 Å². The van der Waals surface area contributed by atoms with Gasteiger partial charge >= 0.3 is 0 Å². The van der Waals surface area contributed by atoms with Crippen molar-refractivity contribution in [2.24, 2.45) is 4.99 Å². The Balaban J connectivity index is 2.54. The van der Waals surface area contributed by atoms with E-state index in [4.69, 9.17) is 9.26 Å². The minimum Gasteiger partial charge on any atom is -0.385 e. The zero-order valence-corrected chi connectivity index (χ0v) is 14.3. The first-order valence-electron chi connectivity index (χ1n) is 8.21. The van der Waals surface area contributed by atoms with E-state index in [1.165, 1.54) is 0 Å². The van der Waals surface area contributed by atoms with E-state index in [2.05, 4.69) is 34.6 Å². The van der Waals surface area contributed by atoms with Crippen LogP contribution in [0.15, 0.2) is 15.6 Å². The first-order valence-corrected chi connectivity index (χ1v) is 8.21. The number of rotatable bonds is 10. The Morgan fingerprint density at radius 2 is 2.09 bits per heavy atom. The highest BCUT2D eigenvalue weighted by atomic mass is 16.5. The van der Waals surface area contributed by atoms with E-state index in [1.54, 1.807) is 7.11 Å². The van der Waals surface area contributed by atoms with Gasteiger partial charge < -0.3 is 19.9 Å². The number of aromatic nitrogens is 1. The van der Waals surface area contributed by atoms with Crippen LogP contribution < -0.4 is 10.6 Å². The second-order valence-corrected chi connectivity index (χ2v) is 5.20. The SMILES string of the molecule is CCNC(=NCc1cc(C(CC)CC)no1)NCCCOC. The van der Waals surface area contributed by atoms with Crippen molar-refractivity contribution >= 4 is 5.96 Å². The van der Waals surface area contributed by atoms with Crippen molar-refractivity contribution in [1.82, 2.24) is 15.8 Å². The van der Waals surface area contributed by atoms with Crippen LogP contribution in [0.25, 0.3) is 0 Å². The average molecular weight is 310 g/mol. The monoisotopic (exact) mass is 310 g/mol. The van der Waals surface area contributed by atoms with Crippen LogP contribution in [0.4, 0.5) is 0 Å². The van der Waals surface area contributed by atoms with Crippen LogP contribution in [0.1, 0.15) is 57.4 Å². The molecule has 2 N–H and O–H groups in total. The van der Waals surface area contributed by atoms with Crippen LogP contribution >= 0.6 is 0 Å². The molecule has 0 radical (unpaired) electrons. The summed E-state index contributed by atoms with van der Waals surface area (Å²) in [5.41, 5.74) is 1.04. The fourth-order valence-electron chi connectivity index (χ4n) is 2.22. The highest BCUT2D eigenvalue weighted by molar-refractivity contribution is 5.79. The lowest BCUT2D eigenvalue weighted by Crippen LogP contribution is -2.38. The Hall–Kier alpha value is -1.56. The molecule has 0 aromatic carbocycles. The fraction of sp³-hybridized carbons (Fsp3) is 0.750. The summed E-state index contributed by atoms with van der Waals surface area (Å²) in [5, 5.41) is 10.7. The lowest BCUT2D eigenvalue weighted by molar-refractivity contribution is 0.195.